The molecule has 150 valence electrons. The van der Waals surface area contributed by atoms with Gasteiger partial charge in [0.2, 0.25) is 11.7 Å². The number of benzene rings is 1. The molecule has 0 spiro atoms. The summed E-state index contributed by atoms with van der Waals surface area (Å²) in [4.78, 5) is 29.8. The average molecular weight is 395 g/mol. The Morgan fingerprint density at radius 1 is 1.10 bits per heavy atom. The molecule has 1 aliphatic rings. The third-order valence-electron chi connectivity index (χ3n) is 5.18. The number of hydrogen-bond donors (Lipinski definition) is 1. The number of nitrogens with zero attached hydrogens (tertiary/aromatic N) is 2. The van der Waals surface area contributed by atoms with Crippen LogP contribution in [0.5, 0.6) is 17.2 Å². The molecule has 1 aromatic carbocycles. The SMILES string of the molecule is COc1cc([C@H]2CC(=O)Nc3c2c(=O)nc2c(C)cccn32)cc(OC)c1OC. The van der Waals surface area contributed by atoms with Gasteiger partial charge in [-0.2, -0.15) is 4.98 Å². The van der Waals surface area contributed by atoms with Crippen LogP contribution in [0.1, 0.15) is 29.0 Å². The van der Waals surface area contributed by atoms with Crippen LogP contribution < -0.4 is 25.1 Å². The highest BCUT2D eigenvalue weighted by atomic mass is 16.5. The van der Waals surface area contributed by atoms with Crippen molar-refractivity contribution in [2.24, 2.45) is 0 Å². The number of aromatic nitrogens is 2. The number of aryl methyl sites for hydroxylation is 1. The molecular formula is C21H21N3O5. The minimum atomic E-state index is -0.495. The Morgan fingerprint density at radius 3 is 2.41 bits per heavy atom. The summed E-state index contributed by atoms with van der Waals surface area (Å²) in [5.74, 6) is 1.13. The summed E-state index contributed by atoms with van der Waals surface area (Å²) in [6.07, 6.45) is 1.89. The standard InChI is InChI=1S/C21H21N3O5/c1-11-6-5-7-24-19(11)23-21(26)17-13(10-16(25)22-20(17)24)12-8-14(27-2)18(29-4)15(9-12)28-3/h5-9,13H,10H2,1-4H3,(H,22,25)/t13-/m1/s1. The van der Waals surface area contributed by atoms with Crippen molar-refractivity contribution in [1.29, 1.82) is 0 Å². The topological polar surface area (TPSA) is 91.2 Å². The lowest BCUT2D eigenvalue weighted by Gasteiger charge is -2.27. The Hall–Kier alpha value is -3.55. The van der Waals surface area contributed by atoms with Gasteiger partial charge in [0, 0.05) is 18.5 Å². The fourth-order valence-corrected chi connectivity index (χ4v) is 3.82. The van der Waals surface area contributed by atoms with Gasteiger partial charge < -0.3 is 19.5 Å². The van der Waals surface area contributed by atoms with E-state index < -0.39 is 5.92 Å². The Labute approximate surface area is 167 Å². The van der Waals surface area contributed by atoms with E-state index in [-0.39, 0.29) is 17.9 Å². The zero-order chi connectivity index (χ0) is 20.7. The fraction of sp³-hybridized carbons (Fsp3) is 0.286. The molecule has 8 heteroatoms. The van der Waals surface area contributed by atoms with Gasteiger partial charge >= 0.3 is 0 Å². The molecule has 3 aromatic rings. The van der Waals surface area contributed by atoms with Gasteiger partial charge in [-0.15, -0.1) is 0 Å². The quantitative estimate of drug-likeness (QED) is 0.730. The molecule has 1 atom stereocenters. The lowest BCUT2D eigenvalue weighted by molar-refractivity contribution is -0.116. The number of hydrogen-bond acceptors (Lipinski definition) is 6. The van der Waals surface area contributed by atoms with Crippen molar-refractivity contribution in [1.82, 2.24) is 9.38 Å². The smallest absolute Gasteiger partial charge is 0.279 e. The highest BCUT2D eigenvalue weighted by molar-refractivity contribution is 5.94. The van der Waals surface area contributed by atoms with E-state index in [1.54, 1.807) is 22.7 Å². The molecule has 3 heterocycles. The number of ether oxygens (including phenoxy) is 3. The Kier molecular flexibility index (Phi) is 4.62. The van der Waals surface area contributed by atoms with Crippen molar-refractivity contribution >= 4 is 17.4 Å². The Bertz CT molecular complexity index is 1160. The summed E-state index contributed by atoms with van der Waals surface area (Å²) in [5.41, 5.74) is 2.13. The first-order valence-electron chi connectivity index (χ1n) is 9.10. The van der Waals surface area contributed by atoms with E-state index in [1.165, 1.54) is 21.3 Å². The van der Waals surface area contributed by atoms with Gasteiger partial charge in [-0.1, -0.05) is 6.07 Å². The highest BCUT2D eigenvalue weighted by Crippen LogP contribution is 2.43. The number of carbonyl (C=O) groups excluding carboxylic acids is 1. The van der Waals surface area contributed by atoms with Crippen LogP contribution in [0.15, 0.2) is 35.3 Å². The summed E-state index contributed by atoms with van der Waals surface area (Å²) >= 11 is 0. The maximum Gasteiger partial charge on any atom is 0.279 e. The van der Waals surface area contributed by atoms with E-state index in [0.29, 0.717) is 39.8 Å². The van der Waals surface area contributed by atoms with E-state index in [9.17, 15) is 9.59 Å². The maximum absolute atomic E-state index is 13.0. The first-order chi connectivity index (χ1) is 14.0. The monoisotopic (exact) mass is 395 g/mol. The van der Waals surface area contributed by atoms with Gasteiger partial charge in [0.25, 0.3) is 5.56 Å². The number of anilines is 1. The number of pyridine rings is 1. The van der Waals surface area contributed by atoms with Crippen molar-refractivity contribution in [2.45, 2.75) is 19.3 Å². The third-order valence-corrected chi connectivity index (χ3v) is 5.18. The molecule has 4 rings (SSSR count). The van der Waals surface area contributed by atoms with E-state index in [1.807, 2.05) is 19.1 Å². The number of amides is 1. The molecule has 0 saturated carbocycles. The van der Waals surface area contributed by atoms with Crippen molar-refractivity contribution < 1.29 is 19.0 Å². The van der Waals surface area contributed by atoms with E-state index in [4.69, 9.17) is 14.2 Å². The lowest BCUT2D eigenvalue weighted by Crippen LogP contribution is -2.32. The van der Waals surface area contributed by atoms with Gasteiger partial charge in [-0.05, 0) is 36.2 Å². The second kappa shape index (κ2) is 7.12. The zero-order valence-electron chi connectivity index (χ0n) is 16.6. The second-order valence-electron chi connectivity index (χ2n) is 6.83. The molecule has 0 saturated heterocycles. The van der Waals surface area contributed by atoms with Crippen LogP contribution in [0.3, 0.4) is 0 Å². The summed E-state index contributed by atoms with van der Waals surface area (Å²) in [6.45, 7) is 1.87. The Balaban J connectivity index is 1.99. The third kappa shape index (κ3) is 2.97. The van der Waals surface area contributed by atoms with Gasteiger partial charge in [0.15, 0.2) is 11.5 Å². The minimum Gasteiger partial charge on any atom is -0.493 e. The number of nitrogens with one attached hydrogen (secondary N) is 1. The molecule has 0 unspecified atom stereocenters. The van der Waals surface area contributed by atoms with Crippen LogP contribution in [-0.4, -0.2) is 36.6 Å². The highest BCUT2D eigenvalue weighted by Gasteiger charge is 2.33. The molecule has 0 aliphatic carbocycles. The molecule has 1 aliphatic heterocycles. The lowest BCUT2D eigenvalue weighted by atomic mass is 9.86. The molecule has 1 amide bonds. The molecule has 0 fully saturated rings. The van der Waals surface area contributed by atoms with Gasteiger partial charge in [0.1, 0.15) is 11.5 Å². The van der Waals surface area contributed by atoms with E-state index in [0.717, 1.165) is 5.56 Å². The molecule has 1 N–H and O–H groups in total. The van der Waals surface area contributed by atoms with Crippen LogP contribution in [0.2, 0.25) is 0 Å². The average Bonchev–Trinajstić information content (AvgIpc) is 2.72. The molecule has 0 radical (unpaired) electrons. The molecular weight excluding hydrogens is 374 g/mol. The zero-order valence-corrected chi connectivity index (χ0v) is 16.6. The minimum absolute atomic E-state index is 0.112. The van der Waals surface area contributed by atoms with Gasteiger partial charge in [-0.3, -0.25) is 14.0 Å². The molecule has 8 nitrogen and oxygen atoms in total. The normalized spacial score (nSPS) is 15.6. The van der Waals surface area contributed by atoms with Crippen LogP contribution in [-0.2, 0) is 4.79 Å². The van der Waals surface area contributed by atoms with Gasteiger partial charge in [0.05, 0.1) is 26.9 Å². The molecule has 29 heavy (non-hydrogen) atoms. The Morgan fingerprint density at radius 2 is 1.79 bits per heavy atom. The molecule has 0 bridgehead atoms. The van der Waals surface area contributed by atoms with Crippen LogP contribution in [0.25, 0.3) is 5.65 Å². The fourth-order valence-electron chi connectivity index (χ4n) is 3.82. The summed E-state index contributed by atoms with van der Waals surface area (Å²) in [5, 5.41) is 2.85. The second-order valence-corrected chi connectivity index (χ2v) is 6.83. The first kappa shape index (κ1) is 18.8. The van der Waals surface area contributed by atoms with Crippen LogP contribution >= 0.6 is 0 Å². The molecule has 2 aromatic heterocycles. The largest absolute Gasteiger partial charge is 0.493 e. The van der Waals surface area contributed by atoms with Crippen molar-refractivity contribution in [3.8, 4) is 17.2 Å². The van der Waals surface area contributed by atoms with Crippen molar-refractivity contribution in [2.75, 3.05) is 26.6 Å². The van der Waals surface area contributed by atoms with Crippen molar-refractivity contribution in [3.05, 3.63) is 57.5 Å². The number of rotatable bonds is 4. The van der Waals surface area contributed by atoms with E-state index in [2.05, 4.69) is 10.3 Å². The van der Waals surface area contributed by atoms with Gasteiger partial charge in [-0.25, -0.2) is 0 Å². The van der Waals surface area contributed by atoms with Crippen molar-refractivity contribution in [3.63, 3.8) is 0 Å². The maximum atomic E-state index is 13.0. The van der Waals surface area contributed by atoms with E-state index >= 15 is 0 Å². The number of methoxy groups -OCH3 is 3. The van der Waals surface area contributed by atoms with Crippen LogP contribution in [0.4, 0.5) is 5.82 Å². The number of fused-ring (bicyclic) bond motifs is 3. The summed E-state index contributed by atoms with van der Waals surface area (Å²) in [7, 11) is 4.57. The summed E-state index contributed by atoms with van der Waals surface area (Å²) in [6, 6.07) is 7.25. The summed E-state index contributed by atoms with van der Waals surface area (Å²) < 4.78 is 18.0. The predicted octanol–water partition coefficient (Wildman–Crippen LogP) is 2.50. The number of carbonyl (C=O) groups is 1. The first-order valence-corrected chi connectivity index (χ1v) is 9.10. The van der Waals surface area contributed by atoms with Crippen LogP contribution in [0, 0.1) is 6.92 Å². The predicted molar refractivity (Wildman–Crippen MR) is 107 cm³/mol.